The molecule has 1 N–H and O–H groups in total. The smallest absolute Gasteiger partial charge is 0.120 e. The number of nitrogens with one attached hydrogen (secondary N) is 1. The maximum absolute atomic E-state index is 5.36. The van der Waals surface area contributed by atoms with Gasteiger partial charge in [0.25, 0.3) is 0 Å². The van der Waals surface area contributed by atoms with Crippen molar-refractivity contribution in [1.82, 2.24) is 5.32 Å². The van der Waals surface area contributed by atoms with Gasteiger partial charge in [0.1, 0.15) is 5.76 Å². The monoisotopic (exact) mass is 235 g/mol. The highest BCUT2D eigenvalue weighted by Gasteiger charge is 2.10. The van der Waals surface area contributed by atoms with E-state index >= 15 is 0 Å². The Balaban J connectivity index is 1.84. The molecule has 16 heavy (non-hydrogen) atoms. The van der Waals surface area contributed by atoms with E-state index in [0.717, 1.165) is 12.3 Å². The summed E-state index contributed by atoms with van der Waals surface area (Å²) in [5, 5.41) is 7.82. The molecular weight excluding hydrogens is 218 g/mol. The molecule has 0 radical (unpaired) electrons. The summed E-state index contributed by atoms with van der Waals surface area (Å²) in [7, 11) is 0. The maximum Gasteiger partial charge on any atom is 0.120 e. The zero-order valence-electron chi connectivity index (χ0n) is 9.64. The Kier molecular flexibility index (Phi) is 3.80. The summed E-state index contributed by atoms with van der Waals surface area (Å²) in [5.74, 6) is 1.54. The molecule has 0 saturated carbocycles. The first-order valence-corrected chi connectivity index (χ1v) is 6.50. The average molecular weight is 235 g/mol. The lowest BCUT2D eigenvalue weighted by molar-refractivity contribution is 0.424. The molecule has 2 heterocycles. The van der Waals surface area contributed by atoms with Crippen molar-refractivity contribution < 1.29 is 4.42 Å². The molecule has 0 saturated heterocycles. The van der Waals surface area contributed by atoms with Gasteiger partial charge in [-0.3, -0.25) is 0 Å². The minimum Gasteiger partial charge on any atom is -0.468 e. The summed E-state index contributed by atoms with van der Waals surface area (Å²) < 4.78 is 5.36. The van der Waals surface area contributed by atoms with Crippen LogP contribution in [0.25, 0.3) is 0 Å². The van der Waals surface area contributed by atoms with Crippen LogP contribution in [0, 0.1) is 0 Å². The van der Waals surface area contributed by atoms with E-state index in [1.165, 1.54) is 5.56 Å². The fourth-order valence-corrected chi connectivity index (χ4v) is 2.45. The summed E-state index contributed by atoms with van der Waals surface area (Å²) in [6, 6.07) is 6.40. The molecule has 0 amide bonds. The molecular formula is C13H17NOS. The van der Waals surface area contributed by atoms with Gasteiger partial charge in [-0.25, -0.2) is 0 Å². The molecule has 0 spiro atoms. The van der Waals surface area contributed by atoms with Crippen LogP contribution in [-0.2, 0) is 0 Å². The quantitative estimate of drug-likeness (QED) is 0.852. The highest BCUT2D eigenvalue weighted by atomic mass is 32.1. The van der Waals surface area contributed by atoms with Crippen molar-refractivity contribution in [3.8, 4) is 0 Å². The molecule has 0 aliphatic heterocycles. The second-order valence-electron chi connectivity index (χ2n) is 4.10. The molecule has 0 aliphatic rings. The lowest BCUT2D eigenvalue weighted by Crippen LogP contribution is -2.23. The predicted octanol–water partition coefficient (Wildman–Crippen LogP) is 3.80. The molecule has 86 valence electrons. The molecule has 2 aromatic rings. The van der Waals surface area contributed by atoms with Gasteiger partial charge >= 0.3 is 0 Å². The zero-order chi connectivity index (χ0) is 11.4. The summed E-state index contributed by atoms with van der Waals surface area (Å²) >= 11 is 1.75. The molecule has 0 aromatic carbocycles. The van der Waals surface area contributed by atoms with E-state index in [4.69, 9.17) is 4.42 Å². The van der Waals surface area contributed by atoms with Crippen LogP contribution in [0.5, 0.6) is 0 Å². The van der Waals surface area contributed by atoms with Crippen LogP contribution < -0.4 is 5.32 Å². The third kappa shape index (κ3) is 2.74. The van der Waals surface area contributed by atoms with Crippen molar-refractivity contribution in [3.05, 3.63) is 46.5 Å². The lowest BCUT2D eigenvalue weighted by Gasteiger charge is -2.15. The number of rotatable bonds is 5. The summed E-state index contributed by atoms with van der Waals surface area (Å²) in [6.07, 6.45) is 1.72. The van der Waals surface area contributed by atoms with Gasteiger partial charge in [0.05, 0.1) is 12.3 Å². The van der Waals surface area contributed by atoms with Crippen LogP contribution in [0.1, 0.15) is 37.1 Å². The fourth-order valence-electron chi connectivity index (χ4n) is 1.67. The van der Waals surface area contributed by atoms with Crippen molar-refractivity contribution in [2.75, 3.05) is 6.54 Å². The maximum atomic E-state index is 5.36. The van der Waals surface area contributed by atoms with E-state index in [2.05, 4.69) is 36.0 Å². The van der Waals surface area contributed by atoms with Gasteiger partial charge < -0.3 is 9.73 Å². The fraction of sp³-hybridized carbons (Fsp3) is 0.385. The van der Waals surface area contributed by atoms with Gasteiger partial charge in [0.15, 0.2) is 0 Å². The van der Waals surface area contributed by atoms with Gasteiger partial charge in [-0.15, -0.1) is 0 Å². The van der Waals surface area contributed by atoms with E-state index < -0.39 is 0 Å². The first-order chi connectivity index (χ1) is 7.77. The van der Waals surface area contributed by atoms with E-state index in [1.807, 2.05) is 12.1 Å². The highest BCUT2D eigenvalue weighted by molar-refractivity contribution is 7.07. The number of furan rings is 1. The number of thiophene rings is 1. The minimum absolute atomic E-state index is 0.274. The second kappa shape index (κ2) is 5.32. The van der Waals surface area contributed by atoms with Gasteiger partial charge in [-0.05, 0) is 47.4 Å². The molecule has 2 unspecified atom stereocenters. The van der Waals surface area contributed by atoms with E-state index in [0.29, 0.717) is 5.92 Å². The Morgan fingerprint density at radius 1 is 1.38 bits per heavy atom. The van der Waals surface area contributed by atoms with Crippen LogP contribution in [0.2, 0.25) is 0 Å². The zero-order valence-corrected chi connectivity index (χ0v) is 10.5. The molecule has 2 nitrogen and oxygen atoms in total. The Morgan fingerprint density at radius 2 is 2.25 bits per heavy atom. The van der Waals surface area contributed by atoms with Gasteiger partial charge in [0.2, 0.25) is 0 Å². The van der Waals surface area contributed by atoms with Gasteiger partial charge in [0, 0.05) is 6.54 Å². The Hall–Kier alpha value is -1.06. The van der Waals surface area contributed by atoms with Crippen LogP contribution in [0.15, 0.2) is 39.6 Å². The summed E-state index contributed by atoms with van der Waals surface area (Å²) in [4.78, 5) is 0. The minimum atomic E-state index is 0.274. The average Bonchev–Trinajstić information content (AvgIpc) is 2.95. The molecule has 2 atom stereocenters. The van der Waals surface area contributed by atoms with E-state index in [9.17, 15) is 0 Å². The van der Waals surface area contributed by atoms with Crippen molar-refractivity contribution in [1.29, 1.82) is 0 Å². The van der Waals surface area contributed by atoms with Crippen molar-refractivity contribution in [2.45, 2.75) is 25.8 Å². The lowest BCUT2D eigenvalue weighted by atomic mass is 10.0. The Labute approximate surface area is 100 Å². The van der Waals surface area contributed by atoms with Crippen LogP contribution in [0.4, 0.5) is 0 Å². The number of hydrogen-bond donors (Lipinski definition) is 1. The third-order valence-electron chi connectivity index (χ3n) is 2.81. The standard InChI is InChI=1S/C13H17NOS/c1-10(12-5-7-16-9-12)8-14-11(2)13-4-3-6-15-13/h3-7,9-11,14H,8H2,1-2H3. The number of hydrogen-bond acceptors (Lipinski definition) is 3. The SMILES string of the molecule is CC(CNC(C)c1ccco1)c1ccsc1. The molecule has 0 aliphatic carbocycles. The Morgan fingerprint density at radius 3 is 2.88 bits per heavy atom. The van der Waals surface area contributed by atoms with Crippen molar-refractivity contribution in [3.63, 3.8) is 0 Å². The molecule has 3 heteroatoms. The summed E-state index contributed by atoms with van der Waals surface area (Å²) in [6.45, 7) is 5.34. The predicted molar refractivity (Wildman–Crippen MR) is 67.9 cm³/mol. The van der Waals surface area contributed by atoms with Gasteiger partial charge in [-0.1, -0.05) is 6.92 Å². The Bertz CT molecular complexity index is 353. The topological polar surface area (TPSA) is 25.2 Å². The first kappa shape index (κ1) is 11.4. The highest BCUT2D eigenvalue weighted by Crippen LogP contribution is 2.19. The molecule has 2 rings (SSSR count). The van der Waals surface area contributed by atoms with Crippen LogP contribution in [0.3, 0.4) is 0 Å². The normalized spacial score (nSPS) is 14.9. The van der Waals surface area contributed by atoms with Gasteiger partial charge in [-0.2, -0.15) is 11.3 Å². The molecule has 0 bridgehead atoms. The van der Waals surface area contributed by atoms with E-state index in [-0.39, 0.29) is 6.04 Å². The summed E-state index contributed by atoms with van der Waals surface area (Å²) in [5.41, 5.74) is 1.41. The van der Waals surface area contributed by atoms with Crippen molar-refractivity contribution in [2.24, 2.45) is 0 Å². The second-order valence-corrected chi connectivity index (χ2v) is 4.88. The van der Waals surface area contributed by atoms with Crippen molar-refractivity contribution >= 4 is 11.3 Å². The molecule has 2 aromatic heterocycles. The first-order valence-electron chi connectivity index (χ1n) is 5.56. The van der Waals surface area contributed by atoms with Crippen LogP contribution >= 0.6 is 11.3 Å². The van der Waals surface area contributed by atoms with E-state index in [1.54, 1.807) is 17.6 Å². The van der Waals surface area contributed by atoms with Crippen LogP contribution in [-0.4, -0.2) is 6.54 Å². The molecule has 0 fully saturated rings. The largest absolute Gasteiger partial charge is 0.468 e. The third-order valence-corrected chi connectivity index (χ3v) is 3.51.